The van der Waals surface area contributed by atoms with Gasteiger partial charge in [0.15, 0.2) is 0 Å². The fourth-order valence-electron chi connectivity index (χ4n) is 2.71. The molecule has 3 heteroatoms. The van der Waals surface area contributed by atoms with Gasteiger partial charge in [-0.1, -0.05) is 12.8 Å². The molecule has 0 radical (unpaired) electrons. The van der Waals surface area contributed by atoms with Gasteiger partial charge < -0.3 is 4.42 Å². The number of fused-ring (bicyclic) bond motifs is 1. The average molecular weight is 247 g/mol. The van der Waals surface area contributed by atoms with Crippen LogP contribution in [0, 0.1) is 5.82 Å². The summed E-state index contributed by atoms with van der Waals surface area (Å²) in [6.07, 6.45) is 7.02. The van der Waals surface area contributed by atoms with Gasteiger partial charge in [0.2, 0.25) is 0 Å². The van der Waals surface area contributed by atoms with E-state index in [2.05, 4.69) is 4.90 Å². The molecule has 3 rings (SSSR count). The van der Waals surface area contributed by atoms with Crippen molar-refractivity contribution in [1.82, 2.24) is 4.90 Å². The number of hydrogen-bond acceptors (Lipinski definition) is 2. The lowest BCUT2D eigenvalue weighted by Crippen LogP contribution is -2.23. The van der Waals surface area contributed by atoms with Crippen molar-refractivity contribution in [2.24, 2.45) is 0 Å². The van der Waals surface area contributed by atoms with Gasteiger partial charge in [-0.15, -0.1) is 0 Å². The normalized spacial score (nSPS) is 18.1. The number of nitrogens with zero attached hydrogens (tertiary/aromatic N) is 1. The molecule has 0 unspecified atom stereocenters. The molecule has 0 aliphatic carbocycles. The fourth-order valence-corrected chi connectivity index (χ4v) is 2.71. The van der Waals surface area contributed by atoms with E-state index in [0.717, 1.165) is 25.0 Å². The zero-order chi connectivity index (χ0) is 12.4. The number of likely N-dealkylation sites (tertiary alicyclic amines) is 1. The van der Waals surface area contributed by atoms with Crippen LogP contribution >= 0.6 is 0 Å². The Morgan fingerprint density at radius 3 is 2.67 bits per heavy atom. The molecular formula is C15H18FNO. The molecule has 1 aliphatic heterocycles. The van der Waals surface area contributed by atoms with Crippen LogP contribution in [0.5, 0.6) is 0 Å². The molecule has 96 valence electrons. The summed E-state index contributed by atoms with van der Waals surface area (Å²) in [5, 5.41) is 1.04. The smallest absolute Gasteiger partial charge is 0.137 e. The first-order valence-corrected chi connectivity index (χ1v) is 6.71. The lowest BCUT2D eigenvalue weighted by Gasteiger charge is -2.18. The van der Waals surface area contributed by atoms with E-state index in [0.29, 0.717) is 5.58 Å². The Kier molecular flexibility index (Phi) is 3.33. The Bertz CT molecular complexity index is 526. The van der Waals surface area contributed by atoms with Crippen molar-refractivity contribution in [1.29, 1.82) is 0 Å². The zero-order valence-corrected chi connectivity index (χ0v) is 10.5. The van der Waals surface area contributed by atoms with Gasteiger partial charge in [-0.25, -0.2) is 4.39 Å². The second-order valence-electron chi connectivity index (χ2n) is 5.09. The van der Waals surface area contributed by atoms with Crippen LogP contribution in [0.25, 0.3) is 11.0 Å². The Morgan fingerprint density at radius 2 is 1.89 bits per heavy atom. The van der Waals surface area contributed by atoms with E-state index in [4.69, 9.17) is 4.42 Å². The van der Waals surface area contributed by atoms with E-state index >= 15 is 0 Å². The Balaban J connectivity index is 1.81. The van der Waals surface area contributed by atoms with Crippen LogP contribution in [-0.2, 0) is 6.54 Å². The lowest BCUT2D eigenvalue weighted by molar-refractivity contribution is 0.277. The minimum atomic E-state index is -0.238. The Hall–Kier alpha value is -1.35. The first kappa shape index (κ1) is 11.7. The molecule has 0 N–H and O–H groups in total. The van der Waals surface area contributed by atoms with Crippen molar-refractivity contribution in [2.75, 3.05) is 13.1 Å². The van der Waals surface area contributed by atoms with Crippen molar-refractivity contribution in [3.8, 4) is 0 Å². The molecule has 0 bridgehead atoms. The quantitative estimate of drug-likeness (QED) is 0.799. The summed E-state index contributed by atoms with van der Waals surface area (Å²) in [4.78, 5) is 2.47. The predicted octanol–water partition coefficient (Wildman–Crippen LogP) is 3.95. The van der Waals surface area contributed by atoms with Crippen molar-refractivity contribution >= 4 is 11.0 Å². The molecular weight excluding hydrogens is 229 g/mol. The summed E-state index contributed by atoms with van der Waals surface area (Å²) in [6, 6.07) is 4.78. The van der Waals surface area contributed by atoms with E-state index in [1.807, 2.05) is 6.07 Å². The largest absolute Gasteiger partial charge is 0.464 e. The van der Waals surface area contributed by atoms with E-state index in [9.17, 15) is 4.39 Å². The maximum Gasteiger partial charge on any atom is 0.137 e. The summed E-state index contributed by atoms with van der Waals surface area (Å²) in [7, 11) is 0. The number of benzene rings is 1. The van der Waals surface area contributed by atoms with Crippen LogP contribution in [0.15, 0.2) is 28.9 Å². The number of hydrogen-bond donors (Lipinski definition) is 0. The second kappa shape index (κ2) is 5.11. The van der Waals surface area contributed by atoms with Gasteiger partial charge in [-0.2, -0.15) is 0 Å². The van der Waals surface area contributed by atoms with Gasteiger partial charge in [0.1, 0.15) is 11.4 Å². The van der Waals surface area contributed by atoms with Gasteiger partial charge in [0.25, 0.3) is 0 Å². The summed E-state index contributed by atoms with van der Waals surface area (Å²) in [5.41, 5.74) is 1.83. The van der Waals surface area contributed by atoms with Crippen LogP contribution in [0.1, 0.15) is 31.2 Å². The molecule has 1 aromatic heterocycles. The highest BCUT2D eigenvalue weighted by Gasteiger charge is 2.13. The standard InChI is InChI=1S/C15H18FNO/c16-13-5-6-14-12(11-18-15(14)9-13)10-17-7-3-1-2-4-8-17/h5-6,9,11H,1-4,7-8,10H2. The van der Waals surface area contributed by atoms with Crippen LogP contribution in [-0.4, -0.2) is 18.0 Å². The molecule has 1 saturated heterocycles. The number of furan rings is 1. The molecule has 0 spiro atoms. The first-order valence-electron chi connectivity index (χ1n) is 6.71. The predicted molar refractivity (Wildman–Crippen MR) is 69.9 cm³/mol. The average Bonchev–Trinajstić information content (AvgIpc) is 2.59. The molecule has 2 heterocycles. The topological polar surface area (TPSA) is 16.4 Å². The summed E-state index contributed by atoms with van der Waals surface area (Å²) in [5.74, 6) is -0.238. The Morgan fingerprint density at radius 1 is 1.11 bits per heavy atom. The van der Waals surface area contributed by atoms with Gasteiger partial charge in [-0.3, -0.25) is 4.90 Å². The fraction of sp³-hybridized carbons (Fsp3) is 0.467. The highest BCUT2D eigenvalue weighted by atomic mass is 19.1. The van der Waals surface area contributed by atoms with E-state index in [1.54, 1.807) is 6.26 Å². The molecule has 1 aromatic carbocycles. The molecule has 18 heavy (non-hydrogen) atoms. The minimum Gasteiger partial charge on any atom is -0.464 e. The van der Waals surface area contributed by atoms with Crippen LogP contribution in [0.3, 0.4) is 0 Å². The lowest BCUT2D eigenvalue weighted by atomic mass is 10.1. The Labute approximate surface area is 106 Å². The SMILES string of the molecule is Fc1ccc2c(CN3CCCCCC3)coc2c1. The first-order chi connectivity index (χ1) is 8.83. The molecule has 0 saturated carbocycles. The van der Waals surface area contributed by atoms with Crippen molar-refractivity contribution in [3.63, 3.8) is 0 Å². The van der Waals surface area contributed by atoms with Crippen molar-refractivity contribution in [2.45, 2.75) is 32.2 Å². The third kappa shape index (κ3) is 2.41. The summed E-state index contributed by atoms with van der Waals surface area (Å²) >= 11 is 0. The van der Waals surface area contributed by atoms with E-state index < -0.39 is 0 Å². The van der Waals surface area contributed by atoms with Crippen molar-refractivity contribution < 1.29 is 8.81 Å². The molecule has 2 nitrogen and oxygen atoms in total. The van der Waals surface area contributed by atoms with E-state index in [1.165, 1.54) is 43.4 Å². The summed E-state index contributed by atoms with van der Waals surface area (Å²) in [6.45, 7) is 3.24. The van der Waals surface area contributed by atoms with Gasteiger partial charge in [0.05, 0.1) is 6.26 Å². The van der Waals surface area contributed by atoms with Gasteiger partial charge in [0, 0.05) is 23.6 Å². The number of rotatable bonds is 2. The van der Waals surface area contributed by atoms with E-state index in [-0.39, 0.29) is 5.82 Å². The van der Waals surface area contributed by atoms with Gasteiger partial charge in [-0.05, 0) is 38.1 Å². The number of halogens is 1. The second-order valence-corrected chi connectivity index (χ2v) is 5.09. The molecule has 0 atom stereocenters. The maximum atomic E-state index is 13.1. The maximum absolute atomic E-state index is 13.1. The highest BCUT2D eigenvalue weighted by molar-refractivity contribution is 5.80. The summed E-state index contributed by atoms with van der Waals surface area (Å²) < 4.78 is 18.5. The van der Waals surface area contributed by atoms with Crippen LogP contribution in [0.4, 0.5) is 4.39 Å². The third-order valence-corrected chi connectivity index (χ3v) is 3.71. The molecule has 1 aliphatic rings. The third-order valence-electron chi connectivity index (χ3n) is 3.71. The van der Waals surface area contributed by atoms with Crippen molar-refractivity contribution in [3.05, 3.63) is 35.8 Å². The zero-order valence-electron chi connectivity index (χ0n) is 10.5. The monoisotopic (exact) mass is 247 g/mol. The van der Waals surface area contributed by atoms with Crippen LogP contribution in [0.2, 0.25) is 0 Å². The van der Waals surface area contributed by atoms with Gasteiger partial charge >= 0.3 is 0 Å². The molecule has 0 amide bonds. The molecule has 1 fully saturated rings. The highest BCUT2D eigenvalue weighted by Crippen LogP contribution is 2.24. The minimum absolute atomic E-state index is 0.238. The van der Waals surface area contributed by atoms with Crippen LogP contribution < -0.4 is 0 Å². The molecule has 2 aromatic rings.